The third-order valence-corrected chi connectivity index (χ3v) is 3.30. The number of rotatable bonds is 4. The molecule has 5 nitrogen and oxygen atoms in total. The molecule has 0 saturated heterocycles. The van der Waals surface area contributed by atoms with Crippen molar-refractivity contribution in [2.24, 2.45) is 0 Å². The molecule has 22 heavy (non-hydrogen) atoms. The summed E-state index contributed by atoms with van der Waals surface area (Å²) in [4.78, 5) is 24.4. The Labute approximate surface area is 134 Å². The molecule has 1 N–H and O–H groups in total. The zero-order valence-electron chi connectivity index (χ0n) is 12.4. The third kappa shape index (κ3) is 4.36. The van der Waals surface area contributed by atoms with Crippen molar-refractivity contribution in [1.82, 2.24) is 10.2 Å². The lowest BCUT2D eigenvalue weighted by molar-refractivity contribution is -0.129. The van der Waals surface area contributed by atoms with Crippen LogP contribution in [0.5, 0.6) is 5.75 Å². The lowest BCUT2D eigenvalue weighted by Gasteiger charge is -2.16. The Balaban J connectivity index is 1.96. The van der Waals surface area contributed by atoms with E-state index >= 15 is 0 Å². The number of halogens is 1. The van der Waals surface area contributed by atoms with Crippen LogP contribution in [0.4, 0.5) is 0 Å². The summed E-state index contributed by atoms with van der Waals surface area (Å²) >= 11 is 5.95. The first-order valence-corrected chi connectivity index (χ1v) is 7.12. The lowest BCUT2D eigenvalue weighted by Crippen LogP contribution is -2.35. The molecule has 1 aromatic carbocycles. The van der Waals surface area contributed by atoms with E-state index in [9.17, 15) is 9.59 Å². The van der Waals surface area contributed by atoms with E-state index in [1.807, 2.05) is 12.1 Å². The number of benzene rings is 1. The monoisotopic (exact) mass is 320 g/mol. The maximum Gasteiger partial charge on any atom is 0.244 e. The van der Waals surface area contributed by atoms with E-state index in [-0.39, 0.29) is 18.4 Å². The maximum atomic E-state index is 11.7. The van der Waals surface area contributed by atoms with Crippen molar-refractivity contribution in [3.05, 3.63) is 46.5 Å². The molecule has 116 valence electrons. The van der Waals surface area contributed by atoms with Crippen molar-refractivity contribution >= 4 is 29.5 Å². The highest BCUT2D eigenvalue weighted by molar-refractivity contribution is 6.30. The molecule has 2 rings (SSSR count). The van der Waals surface area contributed by atoms with Crippen molar-refractivity contribution in [1.29, 1.82) is 0 Å². The summed E-state index contributed by atoms with van der Waals surface area (Å²) in [7, 11) is 3.27. The van der Waals surface area contributed by atoms with Gasteiger partial charge in [0.1, 0.15) is 12.4 Å². The van der Waals surface area contributed by atoms with Crippen LogP contribution < -0.4 is 10.1 Å². The van der Waals surface area contributed by atoms with Gasteiger partial charge in [-0.25, -0.2) is 0 Å². The van der Waals surface area contributed by atoms with Crippen LogP contribution in [0, 0.1) is 0 Å². The Bertz CT molecular complexity index is 651. The molecule has 6 heteroatoms. The van der Waals surface area contributed by atoms with Crippen LogP contribution in [0.2, 0.25) is 5.02 Å². The van der Waals surface area contributed by atoms with Crippen molar-refractivity contribution in [3.63, 3.8) is 0 Å². The highest BCUT2D eigenvalue weighted by Gasteiger charge is 2.10. The Hall–Kier alpha value is -2.27. The number of nitrogens with one attached hydrogen (secondary N) is 1. The van der Waals surface area contributed by atoms with E-state index in [1.165, 1.54) is 11.0 Å². The second-order valence-corrected chi connectivity index (χ2v) is 5.47. The van der Waals surface area contributed by atoms with Crippen LogP contribution in [-0.2, 0) is 9.59 Å². The lowest BCUT2D eigenvalue weighted by atomic mass is 10.1. The van der Waals surface area contributed by atoms with Gasteiger partial charge in [0.05, 0.1) is 6.54 Å². The van der Waals surface area contributed by atoms with E-state index in [0.717, 1.165) is 16.9 Å². The van der Waals surface area contributed by atoms with Crippen molar-refractivity contribution in [2.45, 2.75) is 0 Å². The number of hydrogen-bond acceptors (Lipinski definition) is 3. The number of nitrogens with zero attached hydrogens (tertiary/aromatic N) is 1. The van der Waals surface area contributed by atoms with Crippen LogP contribution in [0.25, 0.3) is 6.08 Å². The average molecular weight is 321 g/mol. The van der Waals surface area contributed by atoms with Gasteiger partial charge in [-0.1, -0.05) is 17.7 Å². The molecule has 0 aromatic heterocycles. The molecular formula is C16H17ClN2O3. The van der Waals surface area contributed by atoms with Gasteiger partial charge in [0, 0.05) is 30.8 Å². The van der Waals surface area contributed by atoms with Gasteiger partial charge in [0.15, 0.2) is 0 Å². The first-order chi connectivity index (χ1) is 10.5. The molecule has 1 heterocycles. The van der Waals surface area contributed by atoms with E-state index in [4.69, 9.17) is 16.3 Å². The van der Waals surface area contributed by atoms with E-state index in [2.05, 4.69) is 5.32 Å². The summed E-state index contributed by atoms with van der Waals surface area (Å²) in [6.07, 6.45) is 4.96. The minimum atomic E-state index is -0.326. The highest BCUT2D eigenvalue weighted by atomic mass is 35.5. The van der Waals surface area contributed by atoms with Gasteiger partial charge in [-0.05, 0) is 29.8 Å². The van der Waals surface area contributed by atoms with Crippen LogP contribution in [0.3, 0.4) is 0 Å². The molecule has 0 aliphatic carbocycles. The molecule has 0 atom stereocenters. The van der Waals surface area contributed by atoms with Gasteiger partial charge in [0.25, 0.3) is 0 Å². The number of likely N-dealkylation sites (N-methyl/N-ethyl adjacent to an activating group) is 1. The van der Waals surface area contributed by atoms with Crippen molar-refractivity contribution < 1.29 is 14.3 Å². The van der Waals surface area contributed by atoms with Crippen LogP contribution in [0.15, 0.2) is 35.9 Å². The number of carbonyl (C=O) groups is 2. The summed E-state index contributed by atoms with van der Waals surface area (Å²) in [6, 6.07) is 5.39. The van der Waals surface area contributed by atoms with Gasteiger partial charge in [-0.2, -0.15) is 0 Å². The van der Waals surface area contributed by atoms with E-state index in [1.54, 1.807) is 32.3 Å². The van der Waals surface area contributed by atoms with Gasteiger partial charge in [-0.15, -0.1) is 0 Å². The Kier molecular flexibility index (Phi) is 5.22. The third-order valence-electron chi connectivity index (χ3n) is 3.07. The zero-order valence-corrected chi connectivity index (χ0v) is 13.2. The summed E-state index contributed by atoms with van der Waals surface area (Å²) in [5.41, 5.74) is 1.73. The smallest absolute Gasteiger partial charge is 0.244 e. The predicted octanol–water partition coefficient (Wildman–Crippen LogP) is 1.88. The van der Waals surface area contributed by atoms with E-state index in [0.29, 0.717) is 11.6 Å². The molecule has 0 unspecified atom stereocenters. The Morgan fingerprint density at radius 2 is 2.18 bits per heavy atom. The molecule has 1 aliphatic rings. The minimum Gasteiger partial charge on any atom is -0.488 e. The standard InChI is InChI=1S/C16H17ClN2O3/c1-19(2)16(21)9-18-15(20)6-3-11-7-12-8-13(17)4-5-14(12)22-10-11/h3-8H,9-10H2,1-2H3,(H,18,20)/b6-3+. The quantitative estimate of drug-likeness (QED) is 0.862. The number of fused-ring (bicyclic) bond motifs is 1. The molecule has 0 fully saturated rings. The van der Waals surface area contributed by atoms with Crippen LogP contribution in [0.1, 0.15) is 5.56 Å². The maximum absolute atomic E-state index is 11.7. The fourth-order valence-corrected chi connectivity index (χ4v) is 2.01. The van der Waals surface area contributed by atoms with E-state index < -0.39 is 0 Å². The average Bonchev–Trinajstić information content (AvgIpc) is 2.49. The molecule has 2 amide bonds. The van der Waals surface area contributed by atoms with Crippen molar-refractivity contribution in [2.75, 3.05) is 27.2 Å². The molecule has 0 saturated carbocycles. The molecular weight excluding hydrogens is 304 g/mol. The largest absolute Gasteiger partial charge is 0.488 e. The fourth-order valence-electron chi connectivity index (χ4n) is 1.82. The Morgan fingerprint density at radius 1 is 1.41 bits per heavy atom. The van der Waals surface area contributed by atoms with Gasteiger partial charge in [-0.3, -0.25) is 9.59 Å². The zero-order chi connectivity index (χ0) is 16.1. The first-order valence-electron chi connectivity index (χ1n) is 6.74. The summed E-state index contributed by atoms with van der Waals surface area (Å²) in [6.45, 7) is 0.360. The number of hydrogen-bond donors (Lipinski definition) is 1. The topological polar surface area (TPSA) is 58.6 Å². The normalized spacial score (nSPS) is 13.1. The van der Waals surface area contributed by atoms with Crippen LogP contribution in [-0.4, -0.2) is 44.0 Å². The molecule has 1 aliphatic heterocycles. The van der Waals surface area contributed by atoms with Crippen molar-refractivity contribution in [3.8, 4) is 5.75 Å². The Morgan fingerprint density at radius 3 is 2.91 bits per heavy atom. The molecule has 0 spiro atoms. The summed E-state index contributed by atoms with van der Waals surface area (Å²) < 4.78 is 5.58. The van der Waals surface area contributed by atoms with Crippen LogP contribution >= 0.6 is 11.6 Å². The summed E-state index contributed by atoms with van der Waals surface area (Å²) in [5, 5.41) is 3.15. The number of carbonyl (C=O) groups excluding carboxylic acids is 2. The molecule has 0 bridgehead atoms. The second kappa shape index (κ2) is 7.13. The minimum absolute atomic E-state index is 0.0236. The SMILES string of the molecule is CN(C)C(=O)CNC(=O)/C=C/C1=Cc2cc(Cl)ccc2OC1. The highest BCUT2D eigenvalue weighted by Crippen LogP contribution is 2.29. The van der Waals surface area contributed by atoms with Gasteiger partial charge < -0.3 is 15.0 Å². The second-order valence-electron chi connectivity index (χ2n) is 5.03. The molecule has 0 radical (unpaired) electrons. The fraction of sp³-hybridized carbons (Fsp3) is 0.250. The van der Waals surface area contributed by atoms with Gasteiger partial charge in [0.2, 0.25) is 11.8 Å². The number of amides is 2. The first kappa shape index (κ1) is 16.1. The van der Waals surface area contributed by atoms with Gasteiger partial charge >= 0.3 is 0 Å². The number of ether oxygens (including phenoxy) is 1. The summed E-state index contributed by atoms with van der Waals surface area (Å²) in [5.74, 6) is 0.279. The molecule has 1 aromatic rings. The predicted molar refractivity (Wildman–Crippen MR) is 85.8 cm³/mol.